The molecule has 4 unspecified atom stereocenters. The Morgan fingerprint density at radius 2 is 1.95 bits per heavy atom. The second kappa shape index (κ2) is 7.00. The molecule has 2 heteroatoms. The molecule has 2 aliphatic carbocycles. The third-order valence-electron chi connectivity index (χ3n) is 6.85. The first-order valence-corrected chi connectivity index (χ1v) is 9.55. The van der Waals surface area contributed by atoms with E-state index in [1.807, 2.05) is 0 Å². The molecule has 0 radical (unpaired) electrons. The summed E-state index contributed by atoms with van der Waals surface area (Å²) in [5.74, 6) is 3.80. The average Bonchev–Trinajstić information content (AvgIpc) is 2.96. The Kier molecular flexibility index (Phi) is 5.27. The summed E-state index contributed by atoms with van der Waals surface area (Å²) in [5, 5.41) is 3.47. The minimum atomic E-state index is 0.298. The molecular weight excluding hydrogens is 258 g/mol. The average molecular weight is 293 g/mol. The molecule has 0 bridgehead atoms. The second-order valence-corrected chi connectivity index (χ2v) is 8.06. The predicted octanol–water partition coefficient (Wildman–Crippen LogP) is 4.39. The lowest BCUT2D eigenvalue weighted by atomic mass is 9.64. The van der Waals surface area contributed by atoms with Crippen LogP contribution in [-0.4, -0.2) is 25.8 Å². The molecule has 0 aromatic carbocycles. The molecule has 3 fully saturated rings. The normalized spacial score (nSPS) is 39.7. The van der Waals surface area contributed by atoms with E-state index in [-0.39, 0.29) is 0 Å². The van der Waals surface area contributed by atoms with E-state index in [1.54, 1.807) is 0 Å². The van der Waals surface area contributed by atoms with Crippen molar-refractivity contribution in [3.8, 4) is 0 Å². The molecule has 4 atom stereocenters. The van der Waals surface area contributed by atoms with Crippen molar-refractivity contribution in [3.63, 3.8) is 0 Å². The maximum Gasteiger partial charge on any atom is 0.0685 e. The van der Waals surface area contributed by atoms with Crippen LogP contribution in [0.25, 0.3) is 0 Å². The van der Waals surface area contributed by atoms with Crippen LogP contribution in [0.4, 0.5) is 0 Å². The van der Waals surface area contributed by atoms with Gasteiger partial charge in [-0.1, -0.05) is 32.6 Å². The van der Waals surface area contributed by atoms with Crippen molar-refractivity contribution in [2.75, 3.05) is 20.2 Å². The summed E-state index contributed by atoms with van der Waals surface area (Å²) < 4.78 is 6.28. The molecule has 0 amide bonds. The van der Waals surface area contributed by atoms with E-state index >= 15 is 0 Å². The molecule has 3 aliphatic rings. The molecule has 1 heterocycles. The highest BCUT2D eigenvalue weighted by molar-refractivity contribution is 4.95. The van der Waals surface area contributed by atoms with Gasteiger partial charge in [-0.25, -0.2) is 0 Å². The fourth-order valence-corrected chi connectivity index (χ4v) is 5.62. The molecule has 21 heavy (non-hydrogen) atoms. The third-order valence-corrected chi connectivity index (χ3v) is 6.85. The molecule has 1 N–H and O–H groups in total. The smallest absolute Gasteiger partial charge is 0.0685 e. The Balaban J connectivity index is 1.68. The molecule has 1 aliphatic heterocycles. The number of nitrogens with one attached hydrogen (secondary N) is 1. The standard InChI is InChI=1S/C19H35NO/c1-3-15-6-7-17(14-20-2)18(12-15)16-8-11-21-19(13-16)9-4-5-10-19/h15-18,20H,3-14H2,1-2H3. The van der Waals surface area contributed by atoms with Gasteiger partial charge in [0.1, 0.15) is 0 Å². The second-order valence-electron chi connectivity index (χ2n) is 8.06. The maximum absolute atomic E-state index is 6.28. The fourth-order valence-electron chi connectivity index (χ4n) is 5.62. The lowest BCUT2D eigenvalue weighted by Crippen LogP contribution is -2.44. The van der Waals surface area contributed by atoms with E-state index in [0.717, 1.165) is 30.3 Å². The molecule has 0 aromatic heterocycles. The van der Waals surface area contributed by atoms with Gasteiger partial charge in [-0.3, -0.25) is 0 Å². The van der Waals surface area contributed by atoms with Gasteiger partial charge in [0.05, 0.1) is 5.60 Å². The summed E-state index contributed by atoms with van der Waals surface area (Å²) in [6.07, 6.45) is 14.0. The van der Waals surface area contributed by atoms with Crippen molar-refractivity contribution >= 4 is 0 Å². The zero-order valence-corrected chi connectivity index (χ0v) is 14.2. The van der Waals surface area contributed by atoms with Crippen LogP contribution in [0.1, 0.15) is 71.1 Å². The van der Waals surface area contributed by atoms with Gasteiger partial charge in [0.2, 0.25) is 0 Å². The van der Waals surface area contributed by atoms with Gasteiger partial charge in [0, 0.05) is 6.61 Å². The third kappa shape index (κ3) is 3.47. The number of hydrogen-bond donors (Lipinski definition) is 1. The molecule has 2 saturated carbocycles. The quantitative estimate of drug-likeness (QED) is 0.830. The number of ether oxygens (including phenoxy) is 1. The van der Waals surface area contributed by atoms with Crippen LogP contribution in [0.5, 0.6) is 0 Å². The van der Waals surface area contributed by atoms with Crippen molar-refractivity contribution in [1.82, 2.24) is 5.32 Å². The lowest BCUT2D eigenvalue weighted by Gasteiger charge is -2.46. The zero-order chi connectivity index (χ0) is 14.7. The predicted molar refractivity (Wildman–Crippen MR) is 88.4 cm³/mol. The maximum atomic E-state index is 6.28. The SMILES string of the molecule is CCC1CCC(CNC)C(C2CCOC3(CCCC3)C2)C1. The van der Waals surface area contributed by atoms with Gasteiger partial charge in [-0.2, -0.15) is 0 Å². The van der Waals surface area contributed by atoms with Crippen LogP contribution in [-0.2, 0) is 4.74 Å². The van der Waals surface area contributed by atoms with Crippen molar-refractivity contribution in [2.45, 2.75) is 76.7 Å². The van der Waals surface area contributed by atoms with E-state index < -0.39 is 0 Å². The van der Waals surface area contributed by atoms with E-state index in [9.17, 15) is 0 Å². The Hall–Kier alpha value is -0.0800. The van der Waals surface area contributed by atoms with Crippen LogP contribution in [0, 0.1) is 23.7 Å². The Labute approximate surface area is 131 Å². The van der Waals surface area contributed by atoms with E-state index in [4.69, 9.17) is 4.74 Å². The highest BCUT2D eigenvalue weighted by atomic mass is 16.5. The van der Waals surface area contributed by atoms with Crippen molar-refractivity contribution in [3.05, 3.63) is 0 Å². The highest BCUT2D eigenvalue weighted by Gasteiger charge is 2.44. The highest BCUT2D eigenvalue weighted by Crippen LogP contribution is 2.49. The van der Waals surface area contributed by atoms with Crippen molar-refractivity contribution in [2.24, 2.45) is 23.7 Å². The Morgan fingerprint density at radius 1 is 1.14 bits per heavy atom. The van der Waals surface area contributed by atoms with Crippen LogP contribution in [0.2, 0.25) is 0 Å². The fraction of sp³-hybridized carbons (Fsp3) is 1.00. The van der Waals surface area contributed by atoms with Gasteiger partial charge in [-0.05, 0) is 75.8 Å². The van der Waals surface area contributed by atoms with Gasteiger partial charge in [0.25, 0.3) is 0 Å². The van der Waals surface area contributed by atoms with E-state index in [2.05, 4.69) is 19.3 Å². The van der Waals surface area contributed by atoms with Crippen molar-refractivity contribution in [1.29, 1.82) is 0 Å². The van der Waals surface area contributed by atoms with Gasteiger partial charge in [0.15, 0.2) is 0 Å². The molecule has 1 saturated heterocycles. The Bertz CT molecular complexity index is 324. The zero-order valence-electron chi connectivity index (χ0n) is 14.2. The summed E-state index contributed by atoms with van der Waals surface area (Å²) >= 11 is 0. The number of hydrogen-bond acceptors (Lipinski definition) is 2. The van der Waals surface area contributed by atoms with Crippen LogP contribution in [0.15, 0.2) is 0 Å². The number of rotatable bonds is 4. The molecule has 0 aromatic rings. The summed E-state index contributed by atoms with van der Waals surface area (Å²) in [6.45, 7) is 4.65. The first-order chi connectivity index (χ1) is 10.3. The summed E-state index contributed by atoms with van der Waals surface area (Å²) in [4.78, 5) is 0. The lowest BCUT2D eigenvalue weighted by molar-refractivity contribution is -0.110. The minimum absolute atomic E-state index is 0.298. The summed E-state index contributed by atoms with van der Waals surface area (Å²) in [5.41, 5.74) is 0.298. The largest absolute Gasteiger partial charge is 0.375 e. The molecule has 1 spiro atoms. The monoisotopic (exact) mass is 293 g/mol. The van der Waals surface area contributed by atoms with E-state index in [0.29, 0.717) is 5.60 Å². The first kappa shape index (κ1) is 15.8. The van der Waals surface area contributed by atoms with Gasteiger partial charge in [-0.15, -0.1) is 0 Å². The molecule has 122 valence electrons. The van der Waals surface area contributed by atoms with Crippen molar-refractivity contribution < 1.29 is 4.74 Å². The van der Waals surface area contributed by atoms with Gasteiger partial charge >= 0.3 is 0 Å². The molecular formula is C19H35NO. The van der Waals surface area contributed by atoms with Crippen LogP contribution < -0.4 is 5.32 Å². The molecule has 2 nitrogen and oxygen atoms in total. The topological polar surface area (TPSA) is 21.3 Å². The van der Waals surface area contributed by atoms with E-state index in [1.165, 1.54) is 70.8 Å². The Morgan fingerprint density at radius 3 is 2.67 bits per heavy atom. The van der Waals surface area contributed by atoms with Gasteiger partial charge < -0.3 is 10.1 Å². The summed E-state index contributed by atoms with van der Waals surface area (Å²) in [7, 11) is 2.13. The van der Waals surface area contributed by atoms with Crippen LogP contribution >= 0.6 is 0 Å². The first-order valence-electron chi connectivity index (χ1n) is 9.55. The van der Waals surface area contributed by atoms with Crippen LogP contribution in [0.3, 0.4) is 0 Å². The summed E-state index contributed by atoms with van der Waals surface area (Å²) in [6, 6.07) is 0. The molecule has 3 rings (SSSR count). The minimum Gasteiger partial charge on any atom is -0.375 e.